The Balaban J connectivity index is 1.56. The number of amides is 2. The Labute approximate surface area is 248 Å². The number of morpholine rings is 1. The Morgan fingerprint density at radius 3 is 2.26 bits per heavy atom. The number of rotatable bonds is 8. The highest BCUT2D eigenvalue weighted by Gasteiger charge is 2.46. The number of aliphatic hydroxyl groups excluding tert-OH is 1. The Morgan fingerprint density at radius 1 is 0.953 bits per heavy atom. The van der Waals surface area contributed by atoms with E-state index in [9.17, 15) is 35.9 Å². The van der Waals surface area contributed by atoms with Crippen LogP contribution < -0.4 is 5.32 Å². The van der Waals surface area contributed by atoms with E-state index in [1.807, 2.05) is 0 Å². The second-order valence-corrected chi connectivity index (χ2v) is 11.2. The minimum absolute atomic E-state index is 0.0211. The molecule has 0 unspecified atom stereocenters. The monoisotopic (exact) mass is 631 g/mol. The zero-order valence-electron chi connectivity index (χ0n) is 23.0. The molecule has 2 saturated heterocycles. The summed E-state index contributed by atoms with van der Waals surface area (Å²) in [5.74, 6) is -0.751. The van der Waals surface area contributed by atoms with E-state index in [2.05, 4.69) is 5.32 Å². The molecule has 2 aromatic rings. The summed E-state index contributed by atoms with van der Waals surface area (Å²) in [4.78, 5) is 27.1. The maximum atomic E-state index is 14.3. The number of hydrogen-bond donors (Lipinski definition) is 2. The molecular formula is C29H31F6N3O4S. The molecule has 0 radical (unpaired) electrons. The standard InChI is InChI=1S/C29H31F6N3O4S/c30-28(31,32)26-19(5-7-24(40)38-13-16-42-17-14-38)4-6-23(27(26)29(33,34)35)43-22-3-1-2-21(18-22)36-20-8-11-37(12-9-20)25(41)10-15-39/h1-7,18,20,36,39H,8-17H2/b7-5+. The molecule has 2 fully saturated rings. The number of ether oxygens (including phenoxy) is 1. The summed E-state index contributed by atoms with van der Waals surface area (Å²) in [6.45, 7) is 1.74. The molecule has 2 aromatic carbocycles. The third-order valence-electron chi connectivity index (χ3n) is 7.10. The van der Waals surface area contributed by atoms with Gasteiger partial charge >= 0.3 is 12.4 Å². The maximum Gasteiger partial charge on any atom is 0.418 e. The van der Waals surface area contributed by atoms with Gasteiger partial charge in [0.05, 0.1) is 30.9 Å². The molecule has 0 saturated carbocycles. The second kappa shape index (κ2) is 14.0. The van der Waals surface area contributed by atoms with Crippen LogP contribution in [-0.4, -0.2) is 78.8 Å². The lowest BCUT2D eigenvalue weighted by Gasteiger charge is -2.33. The van der Waals surface area contributed by atoms with Crippen LogP contribution in [0, 0.1) is 0 Å². The molecule has 4 rings (SSSR count). The molecule has 2 N–H and O–H groups in total. The number of carbonyl (C=O) groups excluding carboxylic acids is 2. The Bertz CT molecular complexity index is 1320. The highest BCUT2D eigenvalue weighted by molar-refractivity contribution is 7.99. The van der Waals surface area contributed by atoms with Crippen LogP contribution in [0.5, 0.6) is 0 Å². The van der Waals surface area contributed by atoms with E-state index < -0.39 is 39.8 Å². The van der Waals surface area contributed by atoms with E-state index in [0.717, 1.165) is 24.3 Å². The van der Waals surface area contributed by atoms with E-state index in [1.165, 1.54) is 11.0 Å². The van der Waals surface area contributed by atoms with Crippen LogP contribution in [-0.2, 0) is 26.7 Å². The Morgan fingerprint density at radius 2 is 1.63 bits per heavy atom. The van der Waals surface area contributed by atoms with Gasteiger partial charge in [-0.15, -0.1) is 0 Å². The Kier molecular flexibility index (Phi) is 10.7. The van der Waals surface area contributed by atoms with Gasteiger partial charge in [0, 0.05) is 60.2 Å². The van der Waals surface area contributed by atoms with E-state index >= 15 is 0 Å². The van der Waals surface area contributed by atoms with Crippen molar-refractivity contribution in [3.63, 3.8) is 0 Å². The Hall–Kier alpha value is -3.23. The van der Waals surface area contributed by atoms with E-state index in [4.69, 9.17) is 9.84 Å². The third-order valence-corrected chi connectivity index (χ3v) is 8.15. The minimum atomic E-state index is -5.35. The molecule has 234 valence electrons. The molecule has 0 aromatic heterocycles. The first-order chi connectivity index (χ1) is 20.4. The number of nitrogens with one attached hydrogen (secondary N) is 1. The quantitative estimate of drug-likeness (QED) is 0.295. The third kappa shape index (κ3) is 8.67. The van der Waals surface area contributed by atoms with Crippen molar-refractivity contribution in [2.75, 3.05) is 51.3 Å². The molecule has 0 aliphatic carbocycles. The molecule has 0 bridgehead atoms. The van der Waals surface area contributed by atoms with Crippen molar-refractivity contribution in [1.82, 2.24) is 9.80 Å². The van der Waals surface area contributed by atoms with Crippen molar-refractivity contribution in [2.45, 2.75) is 47.4 Å². The first-order valence-corrected chi connectivity index (χ1v) is 14.5. The molecule has 2 aliphatic rings. The number of likely N-dealkylation sites (tertiary alicyclic amines) is 1. The molecule has 43 heavy (non-hydrogen) atoms. The number of carbonyl (C=O) groups is 2. The summed E-state index contributed by atoms with van der Waals surface area (Å²) in [5.41, 5.74) is -3.85. The number of benzene rings is 2. The number of aliphatic hydroxyl groups is 1. The van der Waals surface area contributed by atoms with Crippen molar-refractivity contribution in [1.29, 1.82) is 0 Å². The lowest BCUT2D eigenvalue weighted by Crippen LogP contribution is -2.42. The number of alkyl halides is 6. The zero-order valence-corrected chi connectivity index (χ0v) is 23.8. The van der Waals surface area contributed by atoms with Gasteiger partial charge in [-0.3, -0.25) is 9.59 Å². The molecule has 14 heteroatoms. The lowest BCUT2D eigenvalue weighted by atomic mass is 9.99. The van der Waals surface area contributed by atoms with Gasteiger partial charge in [-0.25, -0.2) is 0 Å². The maximum absolute atomic E-state index is 14.3. The average Bonchev–Trinajstić information content (AvgIpc) is 2.96. The van der Waals surface area contributed by atoms with Gasteiger partial charge in [-0.1, -0.05) is 23.9 Å². The largest absolute Gasteiger partial charge is 0.418 e. The molecule has 0 spiro atoms. The van der Waals surface area contributed by atoms with Crippen LogP contribution in [0.15, 0.2) is 52.3 Å². The van der Waals surface area contributed by atoms with Crippen molar-refractivity contribution >= 4 is 35.3 Å². The molecule has 2 aliphatic heterocycles. The van der Waals surface area contributed by atoms with Crippen LogP contribution in [0.25, 0.3) is 6.08 Å². The molecule has 2 amide bonds. The van der Waals surface area contributed by atoms with Gasteiger partial charge in [-0.05, 0) is 48.7 Å². The van der Waals surface area contributed by atoms with Crippen LogP contribution in [0.3, 0.4) is 0 Å². The summed E-state index contributed by atoms with van der Waals surface area (Å²) in [6, 6.07) is 8.28. The van der Waals surface area contributed by atoms with Gasteiger partial charge in [0.2, 0.25) is 11.8 Å². The van der Waals surface area contributed by atoms with Gasteiger partial charge in [-0.2, -0.15) is 26.3 Å². The lowest BCUT2D eigenvalue weighted by molar-refractivity contribution is -0.163. The van der Waals surface area contributed by atoms with Crippen molar-refractivity contribution in [2.24, 2.45) is 0 Å². The van der Waals surface area contributed by atoms with Gasteiger partial charge < -0.3 is 25.0 Å². The summed E-state index contributed by atoms with van der Waals surface area (Å²) in [7, 11) is 0. The molecule has 7 nitrogen and oxygen atoms in total. The van der Waals surface area contributed by atoms with Crippen molar-refractivity contribution in [3.8, 4) is 0 Å². The normalized spacial score (nSPS) is 17.0. The number of halogens is 6. The zero-order chi connectivity index (χ0) is 31.2. The predicted molar refractivity (Wildman–Crippen MR) is 148 cm³/mol. The summed E-state index contributed by atoms with van der Waals surface area (Å²) < 4.78 is 90.4. The smallest absolute Gasteiger partial charge is 0.396 e. The fraction of sp³-hybridized carbons (Fsp3) is 0.448. The van der Waals surface area contributed by atoms with Gasteiger partial charge in [0.25, 0.3) is 0 Å². The van der Waals surface area contributed by atoms with Gasteiger partial charge in [0.15, 0.2) is 0 Å². The van der Waals surface area contributed by atoms with Crippen LogP contribution in [0.2, 0.25) is 0 Å². The summed E-state index contributed by atoms with van der Waals surface area (Å²) in [6.07, 6.45) is -7.77. The number of anilines is 1. The fourth-order valence-corrected chi connectivity index (χ4v) is 6.04. The average molecular weight is 632 g/mol. The van der Waals surface area contributed by atoms with E-state index in [-0.39, 0.29) is 51.3 Å². The summed E-state index contributed by atoms with van der Waals surface area (Å²) in [5, 5.41) is 12.3. The van der Waals surface area contributed by atoms with E-state index in [1.54, 1.807) is 23.1 Å². The number of piperidine rings is 1. The van der Waals surface area contributed by atoms with Crippen LogP contribution in [0.1, 0.15) is 36.0 Å². The van der Waals surface area contributed by atoms with Crippen LogP contribution in [0.4, 0.5) is 32.0 Å². The molecular weight excluding hydrogens is 600 g/mol. The van der Waals surface area contributed by atoms with Crippen molar-refractivity contribution < 1.29 is 45.8 Å². The highest BCUT2D eigenvalue weighted by Crippen LogP contribution is 2.48. The van der Waals surface area contributed by atoms with Crippen molar-refractivity contribution in [3.05, 3.63) is 59.2 Å². The molecule has 2 heterocycles. The second-order valence-electron chi connectivity index (χ2n) is 10.1. The molecule has 0 atom stereocenters. The minimum Gasteiger partial charge on any atom is -0.396 e. The SMILES string of the molecule is O=C(/C=C/c1ccc(Sc2cccc(NC3CCN(C(=O)CCO)CC3)c2)c(C(F)(F)F)c1C(F)(F)F)N1CCOCC1. The topological polar surface area (TPSA) is 82.1 Å². The predicted octanol–water partition coefficient (Wildman–Crippen LogP) is 5.53. The number of nitrogens with zero attached hydrogens (tertiary/aromatic N) is 2. The van der Waals surface area contributed by atoms with Crippen LogP contribution >= 0.6 is 11.8 Å². The first-order valence-electron chi connectivity index (χ1n) is 13.7. The highest BCUT2D eigenvalue weighted by atomic mass is 32.2. The summed E-state index contributed by atoms with van der Waals surface area (Å²) >= 11 is 0.563. The van der Waals surface area contributed by atoms with E-state index in [0.29, 0.717) is 48.3 Å². The first kappa shape index (κ1) is 32.7. The van der Waals surface area contributed by atoms with Gasteiger partial charge in [0.1, 0.15) is 0 Å². The fourth-order valence-electron chi connectivity index (χ4n) is 5.00. The number of hydrogen-bond acceptors (Lipinski definition) is 6.